The summed E-state index contributed by atoms with van der Waals surface area (Å²) >= 11 is 0. The topological polar surface area (TPSA) is 70.5 Å². The molecular formula is C14H16N2O3S. The van der Waals surface area contributed by atoms with Crippen LogP contribution in [0.15, 0.2) is 53.6 Å². The van der Waals surface area contributed by atoms with Crippen LogP contribution in [-0.4, -0.2) is 29.4 Å². The summed E-state index contributed by atoms with van der Waals surface area (Å²) in [5, 5.41) is 9.43. The van der Waals surface area contributed by atoms with Gasteiger partial charge < -0.3 is 5.11 Å². The minimum absolute atomic E-state index is 0.0695. The summed E-state index contributed by atoms with van der Waals surface area (Å²) in [6.07, 6.45) is 1.63. The molecule has 2 aromatic rings. The van der Waals surface area contributed by atoms with Crippen molar-refractivity contribution in [2.24, 2.45) is 0 Å². The zero-order valence-electron chi connectivity index (χ0n) is 11.1. The van der Waals surface area contributed by atoms with E-state index in [9.17, 15) is 13.5 Å². The molecule has 6 heteroatoms. The van der Waals surface area contributed by atoms with Crippen molar-refractivity contribution in [3.05, 3.63) is 54.4 Å². The minimum atomic E-state index is -3.64. The number of phenolic OH excluding ortho intramolecular Hbond substituents is 1. The number of nitrogens with zero attached hydrogens (tertiary/aromatic N) is 2. The van der Waals surface area contributed by atoms with Crippen molar-refractivity contribution in [3.63, 3.8) is 0 Å². The van der Waals surface area contributed by atoms with Crippen molar-refractivity contribution in [2.45, 2.75) is 18.4 Å². The molecule has 0 aliphatic carbocycles. The molecule has 0 amide bonds. The van der Waals surface area contributed by atoms with E-state index >= 15 is 0 Å². The monoisotopic (exact) mass is 292 g/mol. The zero-order valence-corrected chi connectivity index (χ0v) is 11.9. The Bertz CT molecular complexity index is 672. The van der Waals surface area contributed by atoms with E-state index in [1.807, 2.05) is 6.07 Å². The quantitative estimate of drug-likeness (QED) is 0.915. The van der Waals surface area contributed by atoms with E-state index in [0.29, 0.717) is 12.2 Å². The van der Waals surface area contributed by atoms with Gasteiger partial charge >= 0.3 is 0 Å². The third kappa shape index (κ3) is 3.15. The van der Waals surface area contributed by atoms with Gasteiger partial charge in [-0.1, -0.05) is 19.1 Å². The normalized spacial score (nSPS) is 11.7. The largest absolute Gasteiger partial charge is 0.508 e. The second-order valence-electron chi connectivity index (χ2n) is 4.25. The molecule has 2 rings (SSSR count). The first-order valence-corrected chi connectivity index (χ1v) is 7.67. The highest BCUT2D eigenvalue weighted by Gasteiger charge is 2.23. The Kier molecular flexibility index (Phi) is 4.36. The van der Waals surface area contributed by atoms with E-state index in [4.69, 9.17) is 0 Å². The van der Waals surface area contributed by atoms with Gasteiger partial charge in [0.15, 0.2) is 0 Å². The number of rotatable bonds is 5. The van der Waals surface area contributed by atoms with Crippen LogP contribution in [-0.2, 0) is 16.6 Å². The van der Waals surface area contributed by atoms with Gasteiger partial charge in [-0.2, -0.15) is 4.31 Å². The van der Waals surface area contributed by atoms with Crippen molar-refractivity contribution in [1.82, 2.24) is 9.29 Å². The standard InChI is InChI=1S/C14H16N2O3S/c1-2-16(11-12-6-3-4-9-15-12)20(18,19)14-8-5-7-13(17)10-14/h3-10,17H,2,11H2,1H3. The first-order valence-electron chi connectivity index (χ1n) is 6.23. The Labute approximate surface area is 118 Å². The smallest absolute Gasteiger partial charge is 0.243 e. The van der Waals surface area contributed by atoms with Gasteiger partial charge in [-0.25, -0.2) is 8.42 Å². The number of aromatic hydroxyl groups is 1. The second kappa shape index (κ2) is 6.02. The third-order valence-electron chi connectivity index (χ3n) is 2.87. The average Bonchev–Trinajstić information content (AvgIpc) is 2.45. The third-order valence-corrected chi connectivity index (χ3v) is 4.79. The van der Waals surface area contributed by atoms with Crippen LogP contribution in [0.4, 0.5) is 0 Å². The van der Waals surface area contributed by atoms with Gasteiger partial charge in [-0.3, -0.25) is 4.98 Å². The Morgan fingerprint density at radius 3 is 2.60 bits per heavy atom. The molecular weight excluding hydrogens is 276 g/mol. The fraction of sp³-hybridized carbons (Fsp3) is 0.214. The predicted octanol–water partition coefficient (Wildman–Crippen LogP) is 2.00. The van der Waals surface area contributed by atoms with E-state index in [0.717, 1.165) is 0 Å². The number of sulfonamides is 1. The number of benzene rings is 1. The van der Waals surface area contributed by atoms with Crippen LogP contribution in [0.2, 0.25) is 0 Å². The predicted molar refractivity (Wildman–Crippen MR) is 75.6 cm³/mol. The van der Waals surface area contributed by atoms with Gasteiger partial charge in [0.25, 0.3) is 0 Å². The number of hydrogen-bond donors (Lipinski definition) is 1. The van der Waals surface area contributed by atoms with E-state index in [2.05, 4.69) is 4.98 Å². The van der Waals surface area contributed by atoms with Crippen LogP contribution in [0.5, 0.6) is 5.75 Å². The first kappa shape index (κ1) is 14.5. The molecule has 0 radical (unpaired) electrons. The molecule has 0 saturated heterocycles. The van der Waals surface area contributed by atoms with E-state index < -0.39 is 10.0 Å². The van der Waals surface area contributed by atoms with E-state index in [1.165, 1.54) is 28.6 Å². The van der Waals surface area contributed by atoms with Gasteiger partial charge in [0, 0.05) is 12.7 Å². The van der Waals surface area contributed by atoms with Crippen LogP contribution >= 0.6 is 0 Å². The Balaban J connectivity index is 2.31. The van der Waals surface area contributed by atoms with Crippen LogP contribution < -0.4 is 0 Å². The average molecular weight is 292 g/mol. The lowest BCUT2D eigenvalue weighted by Gasteiger charge is -2.20. The molecule has 1 N–H and O–H groups in total. The van der Waals surface area contributed by atoms with Gasteiger partial charge in [-0.05, 0) is 30.3 Å². The summed E-state index contributed by atoms with van der Waals surface area (Å²) in [7, 11) is -3.64. The SMILES string of the molecule is CCN(Cc1ccccn1)S(=O)(=O)c1cccc(O)c1. The zero-order chi connectivity index (χ0) is 14.6. The number of aromatic nitrogens is 1. The minimum Gasteiger partial charge on any atom is -0.508 e. The lowest BCUT2D eigenvalue weighted by molar-refractivity contribution is 0.418. The lowest BCUT2D eigenvalue weighted by atomic mass is 10.3. The molecule has 1 aromatic carbocycles. The molecule has 0 aliphatic heterocycles. The fourth-order valence-electron chi connectivity index (χ4n) is 1.83. The van der Waals surface area contributed by atoms with Crippen LogP contribution in [0, 0.1) is 0 Å². The Hall–Kier alpha value is -1.92. The molecule has 0 unspecified atom stereocenters. The molecule has 106 valence electrons. The van der Waals surface area contributed by atoms with E-state index in [1.54, 1.807) is 25.3 Å². The van der Waals surface area contributed by atoms with Crippen molar-refractivity contribution in [1.29, 1.82) is 0 Å². The number of hydrogen-bond acceptors (Lipinski definition) is 4. The van der Waals surface area contributed by atoms with Gasteiger partial charge in [0.05, 0.1) is 17.1 Å². The van der Waals surface area contributed by atoms with E-state index in [-0.39, 0.29) is 17.2 Å². The Morgan fingerprint density at radius 1 is 1.20 bits per heavy atom. The highest BCUT2D eigenvalue weighted by Crippen LogP contribution is 2.21. The van der Waals surface area contributed by atoms with Crippen molar-refractivity contribution in [3.8, 4) is 5.75 Å². The molecule has 0 fully saturated rings. The molecule has 1 heterocycles. The van der Waals surface area contributed by atoms with Crippen LogP contribution in [0.1, 0.15) is 12.6 Å². The molecule has 0 bridgehead atoms. The number of pyridine rings is 1. The summed E-state index contributed by atoms with van der Waals surface area (Å²) < 4.78 is 26.3. The maximum atomic E-state index is 12.5. The van der Waals surface area contributed by atoms with Crippen molar-refractivity contribution < 1.29 is 13.5 Å². The molecule has 0 saturated carbocycles. The summed E-state index contributed by atoms with van der Waals surface area (Å²) in [5.41, 5.74) is 0.679. The fourth-order valence-corrected chi connectivity index (χ4v) is 3.29. The summed E-state index contributed by atoms with van der Waals surface area (Å²) in [5.74, 6) is -0.0695. The highest BCUT2D eigenvalue weighted by atomic mass is 32.2. The molecule has 1 aromatic heterocycles. The maximum Gasteiger partial charge on any atom is 0.243 e. The molecule has 0 spiro atoms. The molecule has 0 atom stereocenters. The molecule has 5 nitrogen and oxygen atoms in total. The van der Waals surface area contributed by atoms with Gasteiger partial charge in [-0.15, -0.1) is 0 Å². The van der Waals surface area contributed by atoms with Crippen LogP contribution in [0.25, 0.3) is 0 Å². The van der Waals surface area contributed by atoms with Crippen molar-refractivity contribution in [2.75, 3.05) is 6.54 Å². The first-order chi connectivity index (χ1) is 9.54. The highest BCUT2D eigenvalue weighted by molar-refractivity contribution is 7.89. The van der Waals surface area contributed by atoms with Crippen molar-refractivity contribution >= 4 is 10.0 Å². The number of phenols is 1. The Morgan fingerprint density at radius 2 is 2.00 bits per heavy atom. The molecule has 20 heavy (non-hydrogen) atoms. The van der Waals surface area contributed by atoms with Gasteiger partial charge in [0.2, 0.25) is 10.0 Å². The van der Waals surface area contributed by atoms with Crippen LogP contribution in [0.3, 0.4) is 0 Å². The summed E-state index contributed by atoms with van der Waals surface area (Å²) in [6, 6.07) is 11.0. The lowest BCUT2D eigenvalue weighted by Crippen LogP contribution is -2.30. The summed E-state index contributed by atoms with van der Waals surface area (Å²) in [6.45, 7) is 2.30. The summed E-state index contributed by atoms with van der Waals surface area (Å²) in [4.78, 5) is 4.21. The maximum absolute atomic E-state index is 12.5. The molecule has 0 aliphatic rings. The van der Waals surface area contributed by atoms with Gasteiger partial charge in [0.1, 0.15) is 5.75 Å². The second-order valence-corrected chi connectivity index (χ2v) is 6.19.